The number of aromatic nitrogens is 1. The molecule has 14 heteroatoms. The lowest BCUT2D eigenvalue weighted by Crippen LogP contribution is -2.58. The van der Waals surface area contributed by atoms with Gasteiger partial charge in [-0.05, 0) is 132 Å². The van der Waals surface area contributed by atoms with Crippen LogP contribution in [0, 0.1) is 23.2 Å². The minimum absolute atomic E-state index is 0.0168. The maximum Gasteiger partial charge on any atom is 0.312 e. The zero-order valence-electron chi connectivity index (χ0n) is 40.2. The maximum atomic E-state index is 14.8. The minimum Gasteiger partial charge on any atom is -0.455 e. The Balaban J connectivity index is 1.23. The highest BCUT2D eigenvalue weighted by molar-refractivity contribution is 14.1. The molecule has 3 aromatic rings. The molecule has 0 saturated carbocycles. The number of halogens is 2. The van der Waals surface area contributed by atoms with Crippen LogP contribution in [0.25, 0.3) is 22.3 Å². The van der Waals surface area contributed by atoms with Crippen molar-refractivity contribution in [2.45, 2.75) is 159 Å². The number of cyclic esters (lactones) is 1. The Labute approximate surface area is 404 Å². The van der Waals surface area contributed by atoms with Gasteiger partial charge < -0.3 is 48.3 Å². The second-order valence-corrected chi connectivity index (χ2v) is 22.7. The molecule has 2 aromatic carbocycles. The van der Waals surface area contributed by atoms with Gasteiger partial charge in [-0.1, -0.05) is 81.8 Å². The topological polar surface area (TPSA) is 132 Å². The lowest BCUT2D eigenvalue weighted by atomic mass is 9.82. The summed E-state index contributed by atoms with van der Waals surface area (Å²) in [5.74, 6) is -1.95. The van der Waals surface area contributed by atoms with Gasteiger partial charge >= 0.3 is 11.9 Å². The minimum atomic E-state index is -1.72. The zero-order valence-corrected chi connectivity index (χ0v) is 43.1. The van der Waals surface area contributed by atoms with Gasteiger partial charge in [0, 0.05) is 52.6 Å². The number of hydrogen-bond donors (Lipinski definition) is 2. The summed E-state index contributed by atoms with van der Waals surface area (Å²) in [6, 6.07) is 17.5. The molecule has 2 bridgehead atoms. The Bertz CT molecular complexity index is 2170. The Hall–Kier alpha value is -2.60. The van der Waals surface area contributed by atoms with E-state index in [1.165, 1.54) is 12.6 Å². The summed E-state index contributed by atoms with van der Waals surface area (Å²) in [6.45, 7) is 19.2. The van der Waals surface area contributed by atoms with Crippen molar-refractivity contribution in [1.29, 1.82) is 0 Å². The molecule has 0 aliphatic carbocycles. The van der Waals surface area contributed by atoms with Gasteiger partial charge in [0.25, 0.3) is 0 Å². The average molecular weight is 1030 g/mol. The van der Waals surface area contributed by atoms with Gasteiger partial charge in [-0.25, -0.2) is 0 Å². The van der Waals surface area contributed by atoms with Crippen LogP contribution in [-0.4, -0.2) is 128 Å². The fraction of sp³-hybridized carbons (Fsp3) is 0.647. The van der Waals surface area contributed by atoms with Crippen LogP contribution in [0.1, 0.15) is 86.5 Å². The summed E-state index contributed by atoms with van der Waals surface area (Å²) >= 11 is 8.32. The third-order valence-electron chi connectivity index (χ3n) is 14.7. The van der Waals surface area contributed by atoms with Crippen molar-refractivity contribution < 1.29 is 43.5 Å². The number of aliphatic hydroxyl groups excluding tert-OH is 1. The van der Waals surface area contributed by atoms with Crippen LogP contribution in [0.5, 0.6) is 0 Å². The molecular weight excluding hydrogens is 961 g/mol. The quantitative estimate of drug-likeness (QED) is 0.129. The van der Waals surface area contributed by atoms with Crippen LogP contribution >= 0.6 is 34.2 Å². The van der Waals surface area contributed by atoms with Gasteiger partial charge in [0.15, 0.2) is 16.5 Å². The number of benzene rings is 2. The van der Waals surface area contributed by atoms with E-state index in [1.807, 2.05) is 107 Å². The van der Waals surface area contributed by atoms with Crippen LogP contribution < -0.4 is 0 Å². The molecule has 5 heterocycles. The monoisotopic (exact) mass is 1030 g/mol. The molecule has 3 saturated heterocycles. The Morgan fingerprint density at radius 3 is 2.28 bits per heavy atom. The molecule has 358 valence electrons. The van der Waals surface area contributed by atoms with E-state index in [1.54, 1.807) is 6.92 Å². The molecule has 1 aromatic heterocycles. The van der Waals surface area contributed by atoms with Crippen LogP contribution in [0.15, 0.2) is 54.6 Å². The number of carbonyl (C=O) groups is 2. The van der Waals surface area contributed by atoms with E-state index in [0.29, 0.717) is 24.4 Å². The van der Waals surface area contributed by atoms with Crippen LogP contribution in [0.4, 0.5) is 0 Å². The number of hydrogen-bond acceptors (Lipinski definition) is 11. The van der Waals surface area contributed by atoms with Crippen molar-refractivity contribution in [2.75, 3.05) is 27.7 Å². The molecule has 2 unspecified atom stereocenters. The first-order valence-corrected chi connectivity index (χ1v) is 24.9. The first kappa shape index (κ1) is 50.3. The summed E-state index contributed by atoms with van der Waals surface area (Å²) in [7, 11) is 5.90. The van der Waals surface area contributed by atoms with E-state index < -0.39 is 63.9 Å². The first-order valence-electron chi connectivity index (χ1n) is 23.3. The van der Waals surface area contributed by atoms with Crippen LogP contribution in [0.2, 0.25) is 5.02 Å². The van der Waals surface area contributed by atoms with E-state index in [4.69, 9.17) is 35.3 Å². The number of likely N-dealkylation sites (N-methyl/N-ethyl adjacent to an activating group) is 2. The lowest BCUT2D eigenvalue weighted by Gasteiger charge is -2.45. The highest BCUT2D eigenvalue weighted by Crippen LogP contribution is 2.49. The number of nitrogens with zero attached hydrogens (tertiary/aromatic N) is 3. The van der Waals surface area contributed by atoms with E-state index in [0.717, 1.165) is 40.9 Å². The molecule has 0 spiro atoms. The Kier molecular flexibility index (Phi) is 15.0. The van der Waals surface area contributed by atoms with E-state index in [2.05, 4.69) is 54.5 Å². The number of carbonyl (C=O) groups excluding carboxylic acids is 2. The summed E-state index contributed by atoms with van der Waals surface area (Å²) < 4.78 is 34.8. The standard InChI is InChI=1S/C51H71ClIN3O9/c1-28-24-50(8)45(30(3)42(65-50)31(4)46(59)64-48(53)51(9,60)44(58)32(5)55(12)26-28)63-47-43(37(54(10)11)22-29(2)61-47)62-39(57)23-36-40(34-18-20-35(52)21-19-34)41(33-16-14-13-15-17-33)38-25-49(6,7)27-56(36)38/h13-21,28-32,37,42-45,47-48,58,60H,22-27H2,1-12H3/t28-,29-,30+,31-,32-,37+,42?,43-,44-,45?,47+,48+,50-,51+/m1/s1. The third-order valence-corrected chi connectivity index (χ3v) is 16.4. The summed E-state index contributed by atoms with van der Waals surface area (Å²) in [6.07, 6.45) is -2.31. The molecule has 7 rings (SSSR count). The maximum absolute atomic E-state index is 14.8. The Morgan fingerprint density at radius 1 is 0.985 bits per heavy atom. The molecule has 65 heavy (non-hydrogen) atoms. The molecular formula is C51H71ClIN3O9. The Morgan fingerprint density at radius 2 is 1.63 bits per heavy atom. The van der Waals surface area contributed by atoms with E-state index in [-0.39, 0.29) is 41.8 Å². The van der Waals surface area contributed by atoms with Crippen molar-refractivity contribution in [3.8, 4) is 22.3 Å². The molecule has 4 aliphatic rings. The van der Waals surface area contributed by atoms with Gasteiger partial charge in [0.2, 0.25) is 0 Å². The van der Waals surface area contributed by atoms with Crippen molar-refractivity contribution >= 4 is 46.1 Å². The number of aliphatic hydroxyl groups is 2. The fourth-order valence-electron chi connectivity index (χ4n) is 11.2. The zero-order chi connectivity index (χ0) is 47.5. The van der Waals surface area contributed by atoms with Gasteiger partial charge in [0.05, 0.1) is 42.3 Å². The smallest absolute Gasteiger partial charge is 0.312 e. The highest BCUT2D eigenvalue weighted by Gasteiger charge is 2.57. The summed E-state index contributed by atoms with van der Waals surface area (Å²) in [5.41, 5.74) is 3.66. The van der Waals surface area contributed by atoms with Gasteiger partial charge in [-0.3, -0.25) is 9.59 Å². The third kappa shape index (κ3) is 10.2. The van der Waals surface area contributed by atoms with Crippen molar-refractivity contribution in [1.82, 2.24) is 14.4 Å². The first-order chi connectivity index (χ1) is 30.4. The molecule has 0 amide bonds. The van der Waals surface area contributed by atoms with Crippen molar-refractivity contribution in [2.24, 2.45) is 23.2 Å². The molecule has 2 N–H and O–H groups in total. The second-order valence-electron chi connectivity index (χ2n) is 21.2. The molecule has 0 radical (unpaired) electrons. The summed E-state index contributed by atoms with van der Waals surface area (Å²) in [5, 5.41) is 23.5. The molecule has 3 fully saturated rings. The van der Waals surface area contributed by atoms with Gasteiger partial charge in [-0.2, -0.15) is 0 Å². The van der Waals surface area contributed by atoms with Crippen LogP contribution in [0.3, 0.4) is 0 Å². The largest absolute Gasteiger partial charge is 0.455 e. The molecule has 4 aliphatic heterocycles. The SMILES string of the molecule is C[C@H]1CN(C)[C@H](C)[C@@H](O)[C@](C)(O)[C@@H](I)OC(=O)[C@H](C)C2O[C@](C)(C1)C(O[C@@H]1O[C@H](C)C[C@H](N(C)C)[C@H]1OC(=O)Cc1c(-c3ccc(Cl)cc3)c(-c3ccccc3)c3n1CC(C)(C)C3)[C@H]2C. The lowest BCUT2D eigenvalue weighted by molar-refractivity contribution is -0.287. The van der Waals surface area contributed by atoms with E-state index in [9.17, 15) is 19.8 Å². The number of alkyl halides is 1. The number of ether oxygens (including phenoxy) is 5. The average Bonchev–Trinajstić information content (AvgIpc) is 3.79. The highest BCUT2D eigenvalue weighted by atomic mass is 127. The normalized spacial score (nSPS) is 36.8. The predicted molar refractivity (Wildman–Crippen MR) is 261 cm³/mol. The van der Waals surface area contributed by atoms with Crippen LogP contribution in [-0.2, 0) is 52.7 Å². The molecule has 14 atom stereocenters. The number of fused-ring (bicyclic) bond motifs is 3. The second kappa shape index (κ2) is 19.4. The van der Waals surface area contributed by atoms with Crippen molar-refractivity contribution in [3.63, 3.8) is 0 Å². The fourth-order valence-corrected chi connectivity index (χ4v) is 12.0. The predicted octanol–water partition coefficient (Wildman–Crippen LogP) is 8.17. The van der Waals surface area contributed by atoms with Gasteiger partial charge in [-0.15, -0.1) is 0 Å². The summed E-state index contributed by atoms with van der Waals surface area (Å²) in [4.78, 5) is 32.8. The van der Waals surface area contributed by atoms with Gasteiger partial charge in [0.1, 0.15) is 11.7 Å². The van der Waals surface area contributed by atoms with E-state index >= 15 is 0 Å². The number of esters is 2. The molecule has 12 nitrogen and oxygen atoms in total. The number of rotatable bonds is 8. The van der Waals surface area contributed by atoms with Crippen molar-refractivity contribution in [3.05, 3.63) is 71.0 Å².